The molecule has 0 heterocycles. The fraction of sp³-hybridized carbons (Fsp3) is 0. The van der Waals surface area contributed by atoms with Gasteiger partial charge in [0.2, 0.25) is 0 Å². The molecule has 0 aliphatic carbocycles. The topological polar surface area (TPSA) is 0 Å². The van der Waals surface area contributed by atoms with Crippen LogP contribution in [0.4, 0.5) is 0 Å². The van der Waals surface area contributed by atoms with Gasteiger partial charge in [-0.25, -0.2) is 0 Å². The Kier molecular flexibility index (Phi) is 10.9. The van der Waals surface area contributed by atoms with Gasteiger partial charge in [-0.1, -0.05) is 0 Å². The van der Waals surface area contributed by atoms with Gasteiger partial charge < -0.3 is 0 Å². The Morgan fingerprint density at radius 2 is 0.650 bits per heavy atom. The molecule has 0 rings (SSSR count). The summed E-state index contributed by atoms with van der Waals surface area (Å²) in [6.07, 6.45) is 6.35. The van der Waals surface area contributed by atoms with Gasteiger partial charge in [0, 0.05) is 51.1 Å². The lowest BCUT2D eigenvalue weighted by Crippen LogP contribution is -2.77. The Labute approximate surface area is 154 Å². The molecule has 0 nitrogen and oxygen atoms in total. The Hall–Kier alpha value is 1.96. The van der Waals surface area contributed by atoms with Crippen molar-refractivity contribution in [3.63, 3.8) is 0 Å². The highest BCUT2D eigenvalue weighted by Gasteiger charge is 2.45. The fourth-order valence-corrected chi connectivity index (χ4v) is 7.42. The summed E-state index contributed by atoms with van der Waals surface area (Å²) in [5, 5.41) is 0. The van der Waals surface area contributed by atoms with Crippen LogP contribution in [0.1, 0.15) is 0 Å². The van der Waals surface area contributed by atoms with Gasteiger partial charge in [0.1, 0.15) is 4.35 Å². The van der Waals surface area contributed by atoms with Crippen LogP contribution < -0.4 is 0 Å². The molecular weight excluding hydrogens is 332 g/mol. The van der Waals surface area contributed by atoms with E-state index in [0.29, 0.717) is 0 Å². The molecule has 0 N–H and O–H groups in total. The van der Waals surface area contributed by atoms with Crippen LogP contribution in [-0.2, 0) is 0 Å². The summed E-state index contributed by atoms with van der Waals surface area (Å²) in [4.78, 5) is 0. The Bertz CT molecular complexity index is 236. The minimum atomic E-state index is 0.770. The molecule has 0 saturated carbocycles. The highest BCUT2D eigenvalue weighted by atomic mass is 127. The third-order valence-electron chi connectivity index (χ3n) is 5.03. The third-order valence-corrected chi connectivity index (χ3v) is 6.69. The summed E-state index contributed by atoms with van der Waals surface area (Å²) in [5.41, 5.74) is 0. The summed E-state index contributed by atoms with van der Waals surface area (Å²) >= 11 is 2.79. The van der Waals surface area contributed by atoms with E-state index < -0.39 is 0 Å². The zero-order valence-electron chi connectivity index (χ0n) is 15.6. The first-order chi connectivity index (χ1) is 9.02. The molecule has 0 aromatic carbocycles. The Morgan fingerprint density at radius 1 is 0.400 bits per heavy atom. The Morgan fingerprint density at radius 3 is 0.850 bits per heavy atom. The van der Waals surface area contributed by atoms with Crippen molar-refractivity contribution in [2.45, 2.75) is 0 Å². The number of rotatable bonds is 8. The van der Waals surface area contributed by atoms with Crippen LogP contribution in [0, 0.1) is 0 Å². The van der Waals surface area contributed by atoms with Gasteiger partial charge in [-0.3, -0.25) is 0 Å². The lowest BCUT2D eigenvalue weighted by Gasteiger charge is -2.37. The standard InChI is InChI=1S/B19H20I/c1-11(2)16(12(3)4)18(15(9)10)19(20)17(13(5)6)14(7)8/h1-10H2. The van der Waals surface area contributed by atoms with E-state index in [-0.39, 0.29) is 0 Å². The van der Waals surface area contributed by atoms with E-state index in [4.69, 9.17) is 0 Å². The van der Waals surface area contributed by atoms with Crippen molar-refractivity contribution in [3.05, 3.63) is 0 Å². The number of halogens is 1. The van der Waals surface area contributed by atoms with Crippen LogP contribution in [0.25, 0.3) is 0 Å². The Balaban J connectivity index is 5.44. The molecule has 20 heavy (non-hydrogen) atoms. The van der Waals surface area contributed by atoms with Gasteiger partial charge in [0.05, 0.1) is 77.4 Å². The zero-order chi connectivity index (χ0) is 16.2. The SMILES string of the molecule is BB(B)B(B(B)B)B(I)B(B(B)B)B(B(B)B)B(B)B. The van der Waals surface area contributed by atoms with Gasteiger partial charge in [0.25, 0.3) is 0 Å². The summed E-state index contributed by atoms with van der Waals surface area (Å²) in [5.74, 6) is 0. The lowest BCUT2D eigenvalue weighted by molar-refractivity contribution is 3.39. The normalized spacial score (nSPS) is 9.25. The maximum atomic E-state index is 2.79. The lowest BCUT2D eigenvalue weighted by atomic mass is 8.46. The van der Waals surface area contributed by atoms with Crippen molar-refractivity contribution < 1.29 is 0 Å². The van der Waals surface area contributed by atoms with E-state index in [1.807, 2.05) is 0 Å². The van der Waals surface area contributed by atoms with Crippen molar-refractivity contribution in [1.82, 2.24) is 0 Å². The smallest absolute Gasteiger partial charge is 0.120 e. The van der Waals surface area contributed by atoms with E-state index in [0.717, 1.165) is 55.4 Å². The first kappa shape index (κ1) is 22.0. The first-order valence-corrected chi connectivity index (χ1v) is 9.90. The zero-order valence-corrected chi connectivity index (χ0v) is 17.7. The average molecular weight is 352 g/mol. The van der Waals surface area contributed by atoms with E-state index in [1.165, 1.54) is 0 Å². The third kappa shape index (κ3) is 6.22. The number of hydrogen-bond acceptors (Lipinski definition) is 0. The van der Waals surface area contributed by atoms with Crippen molar-refractivity contribution in [3.8, 4) is 0 Å². The molecule has 0 aromatic rings. The molecule has 0 aliphatic rings. The van der Waals surface area contributed by atoms with Gasteiger partial charge in [-0.05, 0) is 0 Å². The molecule has 0 amide bonds. The molecule has 0 aromatic heterocycles. The molecule has 0 radical (unpaired) electrons. The second kappa shape index (κ2) is 9.96. The van der Waals surface area contributed by atoms with Crippen LogP contribution >= 0.6 is 22.4 Å². The molecule has 0 bridgehead atoms. The molecular formula is H20B19I. The molecule has 20 heteroatoms. The van der Waals surface area contributed by atoms with E-state index in [1.54, 1.807) is 0 Å². The second-order valence-corrected chi connectivity index (χ2v) is 9.83. The predicted octanol–water partition coefficient (Wildman–Crippen LogP) is -11.7. The maximum absolute atomic E-state index is 2.79. The van der Waals surface area contributed by atoms with Crippen LogP contribution in [0.3, 0.4) is 0 Å². The van der Waals surface area contributed by atoms with Gasteiger partial charge >= 0.3 is 0 Å². The van der Waals surface area contributed by atoms with Gasteiger partial charge in [-0.2, -0.15) is 22.4 Å². The molecule has 0 unspecified atom stereocenters. The van der Waals surface area contributed by atoms with Crippen molar-refractivity contribution in [2.75, 3.05) is 0 Å². The minimum absolute atomic E-state index is 0.770. The summed E-state index contributed by atoms with van der Waals surface area (Å²) in [6, 6.07) is 0. The van der Waals surface area contributed by atoms with Crippen LogP contribution in [0.5, 0.6) is 0 Å². The molecule has 0 fully saturated rings. The average Bonchev–Trinajstić information content (AvgIpc) is 2.22. The molecule has 0 spiro atoms. The van der Waals surface area contributed by atoms with E-state index in [2.05, 4.69) is 99.7 Å². The molecule has 84 valence electrons. The summed E-state index contributed by atoms with van der Waals surface area (Å²) in [7, 11) is 24.2. The van der Waals surface area contributed by atoms with Crippen LogP contribution in [0.15, 0.2) is 0 Å². The molecule has 0 saturated heterocycles. The first-order valence-electron chi connectivity index (χ1n) is 8.66. The number of hydrogen-bond donors (Lipinski definition) is 0. The minimum Gasteiger partial charge on any atom is -0.173 e. The van der Waals surface area contributed by atoms with Crippen LogP contribution in [0.2, 0.25) is 0 Å². The van der Waals surface area contributed by atoms with E-state index in [9.17, 15) is 0 Å². The highest BCUT2D eigenvalue weighted by Crippen LogP contribution is 2.12. The second-order valence-electron chi connectivity index (χ2n) is 8.40. The van der Waals surface area contributed by atoms with Crippen LogP contribution in [-0.4, -0.2) is 133 Å². The monoisotopic (exact) mass is 356 g/mol. The van der Waals surface area contributed by atoms with Gasteiger partial charge in [-0.15, -0.1) is 0 Å². The van der Waals surface area contributed by atoms with Crippen molar-refractivity contribution in [1.29, 1.82) is 0 Å². The summed E-state index contributed by atoms with van der Waals surface area (Å²) in [6.45, 7) is 0. The molecule has 0 aliphatic heterocycles. The van der Waals surface area contributed by atoms with Crippen molar-refractivity contribution >= 4 is 155 Å². The van der Waals surface area contributed by atoms with Crippen molar-refractivity contribution in [2.24, 2.45) is 0 Å². The maximum Gasteiger partial charge on any atom is 0.120 e. The van der Waals surface area contributed by atoms with Gasteiger partial charge in [0.15, 0.2) is 0 Å². The fourth-order valence-electron chi connectivity index (χ4n) is 4.44. The quantitative estimate of drug-likeness (QED) is 0.301. The molecule has 0 atom stereocenters. The largest absolute Gasteiger partial charge is 0.173 e. The highest BCUT2D eigenvalue weighted by molar-refractivity contribution is 14.1. The van der Waals surface area contributed by atoms with E-state index >= 15 is 0 Å². The predicted molar refractivity (Wildman–Crippen MR) is 151 cm³/mol. The summed E-state index contributed by atoms with van der Waals surface area (Å²) < 4.78 is 0.780.